The molecule has 1 saturated heterocycles. The molecule has 2 aliphatic rings. The molecule has 1 spiro atoms. The Bertz CT molecular complexity index is 1820. The van der Waals surface area contributed by atoms with E-state index in [9.17, 15) is 13.2 Å². The van der Waals surface area contributed by atoms with Gasteiger partial charge in [-0.3, -0.25) is 4.68 Å². The molecule has 4 aromatic rings. The third kappa shape index (κ3) is 6.29. The third-order valence-corrected chi connectivity index (χ3v) is 11.2. The van der Waals surface area contributed by atoms with Crippen molar-refractivity contribution in [1.82, 2.24) is 23.6 Å². The number of pyridine rings is 1. The molecule has 0 bridgehead atoms. The maximum atomic E-state index is 14.1. The van der Waals surface area contributed by atoms with Crippen molar-refractivity contribution >= 4 is 44.4 Å². The molecule has 45 heavy (non-hydrogen) atoms. The highest BCUT2D eigenvalue weighted by molar-refractivity contribution is 7.90. The van der Waals surface area contributed by atoms with Gasteiger partial charge in [0.05, 0.1) is 33.7 Å². The standard InChI is InChI=1S/C33H41ClN6O4S/c1-22-6-8-25(9-7-22)45(42,43)40-28(23-19-36-38(5)21-23)18-26-29(27(34)20-35-30(26)40)37-24-10-12-33(13-11-24)14-16-39(17-15-33)31(41)44-32(2,3)4/h6-9,18-21,24H,10-17H2,1-5H3,(H,35,37). The Morgan fingerprint density at radius 2 is 1.73 bits per heavy atom. The quantitative estimate of drug-likeness (QED) is 0.247. The number of piperidine rings is 1. The Labute approximate surface area is 269 Å². The van der Waals surface area contributed by atoms with Crippen LogP contribution in [0.2, 0.25) is 5.02 Å². The van der Waals surface area contributed by atoms with Crippen LogP contribution in [0.1, 0.15) is 64.9 Å². The Morgan fingerprint density at radius 1 is 1.07 bits per heavy atom. The summed E-state index contributed by atoms with van der Waals surface area (Å²) in [7, 11) is -2.21. The van der Waals surface area contributed by atoms with Crippen molar-refractivity contribution < 1.29 is 17.9 Å². The van der Waals surface area contributed by atoms with Crippen molar-refractivity contribution in [1.29, 1.82) is 0 Å². The van der Waals surface area contributed by atoms with Gasteiger partial charge in [0, 0.05) is 43.3 Å². The fourth-order valence-electron chi connectivity index (χ4n) is 6.63. The number of hydrogen-bond donors (Lipinski definition) is 1. The normalized spacial score (nSPS) is 17.6. The van der Waals surface area contributed by atoms with Gasteiger partial charge in [-0.1, -0.05) is 29.3 Å². The van der Waals surface area contributed by atoms with E-state index in [0.29, 0.717) is 46.1 Å². The van der Waals surface area contributed by atoms with E-state index in [1.54, 1.807) is 48.4 Å². The van der Waals surface area contributed by atoms with E-state index in [2.05, 4.69) is 15.4 Å². The molecule has 2 fully saturated rings. The molecule has 4 heterocycles. The van der Waals surface area contributed by atoms with Crippen LogP contribution in [0.5, 0.6) is 0 Å². The van der Waals surface area contributed by atoms with Crippen LogP contribution in [-0.2, 0) is 21.8 Å². The number of nitrogens with zero attached hydrogens (tertiary/aromatic N) is 5. The SMILES string of the molecule is Cc1ccc(S(=O)(=O)n2c(-c3cnn(C)c3)cc3c(NC4CCC5(CC4)CCN(C(=O)OC(C)(C)C)CC5)c(Cl)cnc32)cc1. The zero-order valence-corrected chi connectivity index (χ0v) is 28.1. The molecule has 0 unspecified atom stereocenters. The Balaban J connectivity index is 1.26. The number of likely N-dealkylation sites (tertiary alicyclic amines) is 1. The summed E-state index contributed by atoms with van der Waals surface area (Å²) in [5.74, 6) is 0. The lowest BCUT2D eigenvalue weighted by molar-refractivity contribution is 0.00395. The second-order valence-corrected chi connectivity index (χ2v) is 15.8. The van der Waals surface area contributed by atoms with Crippen molar-refractivity contribution in [2.75, 3.05) is 18.4 Å². The predicted octanol–water partition coefficient (Wildman–Crippen LogP) is 7.01. The molecule has 1 N–H and O–H groups in total. The summed E-state index contributed by atoms with van der Waals surface area (Å²) >= 11 is 6.77. The highest BCUT2D eigenvalue weighted by atomic mass is 35.5. The van der Waals surface area contributed by atoms with E-state index in [1.807, 2.05) is 38.7 Å². The molecule has 10 nitrogen and oxygen atoms in total. The van der Waals surface area contributed by atoms with Crippen LogP contribution in [0, 0.1) is 12.3 Å². The van der Waals surface area contributed by atoms with Crippen molar-refractivity contribution in [2.24, 2.45) is 12.5 Å². The van der Waals surface area contributed by atoms with Gasteiger partial charge >= 0.3 is 6.09 Å². The second-order valence-electron chi connectivity index (χ2n) is 13.6. The molecule has 1 saturated carbocycles. The van der Waals surface area contributed by atoms with Gasteiger partial charge in [0.15, 0.2) is 5.65 Å². The number of carbonyl (C=O) groups excluding carboxylic acids is 1. The Kier molecular flexibility index (Phi) is 8.14. The first-order chi connectivity index (χ1) is 21.2. The summed E-state index contributed by atoms with van der Waals surface area (Å²) in [6.45, 7) is 9.03. The molecule has 0 radical (unpaired) electrons. The molecular weight excluding hydrogens is 612 g/mol. The number of fused-ring (bicyclic) bond motifs is 1. The molecule has 12 heteroatoms. The minimum atomic E-state index is -4.00. The average Bonchev–Trinajstić information content (AvgIpc) is 3.59. The number of ether oxygens (including phenoxy) is 1. The highest BCUT2D eigenvalue weighted by Crippen LogP contribution is 2.46. The van der Waals surface area contributed by atoms with Gasteiger partial charge < -0.3 is 15.0 Å². The smallest absolute Gasteiger partial charge is 0.410 e. The summed E-state index contributed by atoms with van der Waals surface area (Å²) in [6.07, 6.45) is 10.7. The second kappa shape index (κ2) is 11.7. The number of rotatable bonds is 5. The van der Waals surface area contributed by atoms with Crippen molar-refractivity contribution in [3.05, 3.63) is 59.5 Å². The number of amides is 1. The van der Waals surface area contributed by atoms with E-state index in [1.165, 1.54) is 10.2 Å². The van der Waals surface area contributed by atoms with E-state index < -0.39 is 15.6 Å². The van der Waals surface area contributed by atoms with Crippen molar-refractivity contribution in [3.63, 3.8) is 0 Å². The van der Waals surface area contributed by atoms with Crippen LogP contribution in [-0.4, -0.2) is 62.9 Å². The molecule has 1 aliphatic carbocycles. The molecule has 0 atom stereocenters. The van der Waals surface area contributed by atoms with Gasteiger partial charge in [-0.15, -0.1) is 0 Å². The van der Waals surface area contributed by atoms with E-state index >= 15 is 0 Å². The molecule has 6 rings (SSSR count). The number of aromatic nitrogens is 4. The summed E-state index contributed by atoms with van der Waals surface area (Å²) in [5, 5.41) is 9.05. The van der Waals surface area contributed by atoms with Crippen LogP contribution >= 0.6 is 11.6 Å². The largest absolute Gasteiger partial charge is 0.444 e. The van der Waals surface area contributed by atoms with Crippen molar-refractivity contribution in [2.45, 2.75) is 82.8 Å². The molecule has 1 amide bonds. The molecule has 3 aromatic heterocycles. The number of benzene rings is 1. The van der Waals surface area contributed by atoms with E-state index in [-0.39, 0.29) is 22.4 Å². The van der Waals surface area contributed by atoms with Crippen LogP contribution in [0.4, 0.5) is 10.5 Å². The molecule has 1 aliphatic heterocycles. The van der Waals surface area contributed by atoms with E-state index in [0.717, 1.165) is 44.1 Å². The highest BCUT2D eigenvalue weighted by Gasteiger charge is 2.40. The van der Waals surface area contributed by atoms with Crippen LogP contribution in [0.3, 0.4) is 0 Å². The van der Waals surface area contributed by atoms with Gasteiger partial charge in [0.2, 0.25) is 0 Å². The van der Waals surface area contributed by atoms with Crippen molar-refractivity contribution in [3.8, 4) is 11.3 Å². The maximum absolute atomic E-state index is 14.1. The minimum absolute atomic E-state index is 0.168. The number of aryl methyl sites for hydroxylation is 2. The zero-order valence-electron chi connectivity index (χ0n) is 26.5. The van der Waals surface area contributed by atoms with Crippen LogP contribution < -0.4 is 5.32 Å². The van der Waals surface area contributed by atoms with Gasteiger partial charge in [-0.05, 0) is 89.8 Å². The first-order valence-corrected chi connectivity index (χ1v) is 17.3. The topological polar surface area (TPSA) is 111 Å². The molecule has 240 valence electrons. The zero-order chi connectivity index (χ0) is 32.1. The van der Waals surface area contributed by atoms with Gasteiger partial charge in [0.1, 0.15) is 5.60 Å². The number of nitrogens with one attached hydrogen (secondary N) is 1. The van der Waals surface area contributed by atoms with E-state index in [4.69, 9.17) is 16.3 Å². The summed E-state index contributed by atoms with van der Waals surface area (Å²) in [5.41, 5.74) is 2.81. The maximum Gasteiger partial charge on any atom is 0.410 e. The summed E-state index contributed by atoms with van der Waals surface area (Å²) in [6, 6.07) is 8.83. The molecule has 1 aromatic carbocycles. The van der Waals surface area contributed by atoms with Crippen LogP contribution in [0.15, 0.2) is 53.8 Å². The first-order valence-electron chi connectivity index (χ1n) is 15.5. The third-order valence-electron chi connectivity index (χ3n) is 9.17. The minimum Gasteiger partial charge on any atom is -0.444 e. The average molecular weight is 653 g/mol. The fourth-order valence-corrected chi connectivity index (χ4v) is 8.32. The predicted molar refractivity (Wildman–Crippen MR) is 176 cm³/mol. The lowest BCUT2D eigenvalue weighted by Crippen LogP contribution is -2.47. The fraction of sp³-hybridized carbons (Fsp3) is 0.485. The lowest BCUT2D eigenvalue weighted by Gasteiger charge is -2.46. The van der Waals surface area contributed by atoms with Gasteiger partial charge in [-0.25, -0.2) is 22.2 Å². The van der Waals surface area contributed by atoms with Gasteiger partial charge in [-0.2, -0.15) is 5.10 Å². The number of anilines is 1. The number of carbonyl (C=O) groups is 1. The molecular formula is C33H41ClN6O4S. The number of hydrogen-bond acceptors (Lipinski definition) is 7. The Hall–Kier alpha value is -3.57. The number of halogens is 1. The lowest BCUT2D eigenvalue weighted by atomic mass is 9.67. The Morgan fingerprint density at radius 3 is 2.33 bits per heavy atom. The van der Waals surface area contributed by atoms with Crippen LogP contribution in [0.25, 0.3) is 22.3 Å². The first kappa shape index (κ1) is 31.4. The summed E-state index contributed by atoms with van der Waals surface area (Å²) < 4.78 is 36.8. The van der Waals surface area contributed by atoms with Gasteiger partial charge in [0.25, 0.3) is 10.0 Å². The summed E-state index contributed by atoms with van der Waals surface area (Å²) in [4.78, 5) is 19.2. The monoisotopic (exact) mass is 652 g/mol.